The number of nitrogens with one attached hydrogen (secondary N) is 1. The summed E-state index contributed by atoms with van der Waals surface area (Å²) in [5.41, 5.74) is 3.75. The second-order valence-electron chi connectivity index (χ2n) is 6.36. The lowest BCUT2D eigenvalue weighted by atomic mass is 9.88. The van der Waals surface area contributed by atoms with Crippen LogP contribution in [0.3, 0.4) is 0 Å². The molecule has 6 nitrogen and oxygen atoms in total. The van der Waals surface area contributed by atoms with E-state index in [0.717, 1.165) is 22.3 Å². The summed E-state index contributed by atoms with van der Waals surface area (Å²) in [6.07, 6.45) is 8.85. The van der Waals surface area contributed by atoms with Gasteiger partial charge in [-0.25, -0.2) is 23.3 Å². The first-order chi connectivity index (χ1) is 12.1. The summed E-state index contributed by atoms with van der Waals surface area (Å²) in [6, 6.07) is 5.64. The van der Waals surface area contributed by atoms with Gasteiger partial charge in [-0.15, -0.1) is 5.10 Å². The van der Waals surface area contributed by atoms with Crippen molar-refractivity contribution in [2.24, 2.45) is 0 Å². The Hall–Kier alpha value is -3.03. The summed E-state index contributed by atoms with van der Waals surface area (Å²) in [4.78, 5) is 8.52. The van der Waals surface area contributed by atoms with E-state index in [1.165, 1.54) is 0 Å². The van der Waals surface area contributed by atoms with Gasteiger partial charge in [-0.2, -0.15) is 0 Å². The number of alkyl halides is 2. The Morgan fingerprint density at radius 2 is 2.00 bits per heavy atom. The lowest BCUT2D eigenvalue weighted by Crippen LogP contribution is -2.44. The van der Waals surface area contributed by atoms with Gasteiger partial charge in [0.05, 0.1) is 11.7 Å². The van der Waals surface area contributed by atoms with E-state index < -0.39 is 5.92 Å². The van der Waals surface area contributed by atoms with Gasteiger partial charge in [0.1, 0.15) is 5.65 Å². The highest BCUT2D eigenvalue weighted by Gasteiger charge is 2.45. The van der Waals surface area contributed by atoms with E-state index in [0.29, 0.717) is 5.95 Å². The number of anilines is 1. The maximum Gasteiger partial charge on any atom is 0.252 e. The molecule has 4 heterocycles. The Morgan fingerprint density at radius 1 is 1.12 bits per heavy atom. The Morgan fingerprint density at radius 3 is 2.84 bits per heavy atom. The van der Waals surface area contributed by atoms with E-state index in [-0.39, 0.29) is 18.9 Å². The van der Waals surface area contributed by atoms with Crippen LogP contribution in [0.25, 0.3) is 22.3 Å². The van der Waals surface area contributed by atoms with Crippen molar-refractivity contribution in [2.45, 2.75) is 24.8 Å². The monoisotopic (exact) mass is 340 g/mol. The Labute approximate surface area is 141 Å². The first-order valence-corrected chi connectivity index (χ1v) is 7.99. The fourth-order valence-corrected chi connectivity index (χ4v) is 3.24. The van der Waals surface area contributed by atoms with Crippen molar-refractivity contribution in [3.8, 4) is 11.1 Å². The number of imidazole rings is 1. The van der Waals surface area contributed by atoms with Crippen LogP contribution in [0.4, 0.5) is 14.7 Å². The molecular formula is C17H14F2N6. The zero-order valence-corrected chi connectivity index (χ0v) is 13.1. The van der Waals surface area contributed by atoms with Gasteiger partial charge in [-0.1, -0.05) is 0 Å². The van der Waals surface area contributed by atoms with Gasteiger partial charge in [-0.3, -0.25) is 0 Å². The third-order valence-corrected chi connectivity index (χ3v) is 4.54. The van der Waals surface area contributed by atoms with E-state index in [2.05, 4.69) is 20.4 Å². The molecule has 0 aliphatic heterocycles. The van der Waals surface area contributed by atoms with Crippen LogP contribution in [0.15, 0.2) is 49.2 Å². The molecule has 8 heteroatoms. The summed E-state index contributed by atoms with van der Waals surface area (Å²) in [7, 11) is 0. The molecule has 4 aromatic heterocycles. The highest BCUT2D eigenvalue weighted by molar-refractivity contribution is 5.80. The van der Waals surface area contributed by atoms with Gasteiger partial charge in [-0.05, 0) is 18.2 Å². The lowest BCUT2D eigenvalue weighted by Gasteiger charge is -2.35. The van der Waals surface area contributed by atoms with Crippen molar-refractivity contribution in [3.05, 3.63) is 49.2 Å². The largest absolute Gasteiger partial charge is 0.350 e. The first kappa shape index (κ1) is 14.3. The number of hydrogen-bond donors (Lipinski definition) is 1. The van der Waals surface area contributed by atoms with Crippen molar-refractivity contribution >= 4 is 17.1 Å². The minimum absolute atomic E-state index is 0.170. The van der Waals surface area contributed by atoms with Crippen molar-refractivity contribution < 1.29 is 8.78 Å². The second-order valence-corrected chi connectivity index (χ2v) is 6.36. The van der Waals surface area contributed by atoms with Gasteiger partial charge in [0.15, 0.2) is 0 Å². The standard InChI is InChI=1S/C17H14F2N6/c18-17(19)7-12(8-17)22-16-21-9-14-13(3-5-25(14)23-16)11-1-2-15-20-4-6-24(15)10-11/h1-6,9-10,12H,7-8H2,(H,22,23). The molecule has 1 fully saturated rings. The molecule has 0 unspecified atom stereocenters. The molecule has 0 saturated heterocycles. The lowest BCUT2D eigenvalue weighted by molar-refractivity contribution is -0.0794. The number of pyridine rings is 1. The molecule has 4 aromatic rings. The van der Waals surface area contributed by atoms with Crippen molar-refractivity contribution in [2.75, 3.05) is 5.32 Å². The predicted octanol–water partition coefficient (Wildman–Crippen LogP) is 3.25. The Kier molecular flexibility index (Phi) is 2.85. The van der Waals surface area contributed by atoms with Gasteiger partial charge in [0.25, 0.3) is 5.92 Å². The molecule has 0 amide bonds. The van der Waals surface area contributed by atoms with E-state index >= 15 is 0 Å². The average molecular weight is 340 g/mol. The molecule has 1 saturated carbocycles. The number of hydrogen-bond acceptors (Lipinski definition) is 4. The molecule has 1 aliphatic rings. The summed E-state index contributed by atoms with van der Waals surface area (Å²) in [6.45, 7) is 0. The summed E-state index contributed by atoms with van der Waals surface area (Å²) in [5, 5.41) is 7.33. The van der Waals surface area contributed by atoms with E-state index in [9.17, 15) is 8.78 Å². The fraction of sp³-hybridized carbons (Fsp3) is 0.235. The topological polar surface area (TPSA) is 59.5 Å². The van der Waals surface area contributed by atoms with E-state index in [1.54, 1.807) is 16.9 Å². The summed E-state index contributed by atoms with van der Waals surface area (Å²) >= 11 is 0. The van der Waals surface area contributed by atoms with Crippen LogP contribution < -0.4 is 5.32 Å². The van der Waals surface area contributed by atoms with Crippen LogP contribution >= 0.6 is 0 Å². The van der Waals surface area contributed by atoms with Gasteiger partial charge < -0.3 is 9.72 Å². The number of halogens is 2. The van der Waals surface area contributed by atoms with Crippen LogP contribution in [0.5, 0.6) is 0 Å². The molecule has 0 aromatic carbocycles. The minimum Gasteiger partial charge on any atom is -0.350 e. The number of aromatic nitrogens is 5. The Bertz CT molecular complexity index is 1080. The van der Waals surface area contributed by atoms with Crippen molar-refractivity contribution in [1.82, 2.24) is 24.0 Å². The molecule has 25 heavy (non-hydrogen) atoms. The quantitative estimate of drug-likeness (QED) is 0.622. The van der Waals surface area contributed by atoms with Crippen LogP contribution in [0.2, 0.25) is 0 Å². The molecule has 1 N–H and O–H groups in total. The smallest absolute Gasteiger partial charge is 0.252 e. The average Bonchev–Trinajstić information content (AvgIpc) is 3.18. The molecule has 5 rings (SSSR count). The number of rotatable bonds is 3. The third-order valence-electron chi connectivity index (χ3n) is 4.54. The predicted molar refractivity (Wildman–Crippen MR) is 88.8 cm³/mol. The van der Waals surface area contributed by atoms with Crippen LogP contribution in [-0.2, 0) is 0 Å². The SMILES string of the molecule is FC1(F)CC(Nc2ncc3c(-c4ccc5nccn5c4)ccn3n2)C1. The minimum atomic E-state index is -2.56. The zero-order chi connectivity index (χ0) is 17.0. The van der Waals surface area contributed by atoms with Crippen molar-refractivity contribution in [1.29, 1.82) is 0 Å². The number of fused-ring (bicyclic) bond motifs is 2. The van der Waals surface area contributed by atoms with Crippen molar-refractivity contribution in [3.63, 3.8) is 0 Å². The maximum absolute atomic E-state index is 12.9. The molecule has 0 spiro atoms. The molecule has 0 radical (unpaired) electrons. The fourth-order valence-electron chi connectivity index (χ4n) is 3.24. The normalized spacial score (nSPS) is 17.0. The second kappa shape index (κ2) is 4.98. The van der Waals surface area contributed by atoms with Gasteiger partial charge in [0.2, 0.25) is 5.95 Å². The third kappa shape index (κ3) is 2.41. The van der Waals surface area contributed by atoms with Crippen LogP contribution in [0.1, 0.15) is 12.8 Å². The first-order valence-electron chi connectivity index (χ1n) is 7.99. The van der Waals surface area contributed by atoms with Crippen LogP contribution in [-0.4, -0.2) is 35.9 Å². The molecule has 1 aliphatic carbocycles. The summed E-state index contributed by atoms with van der Waals surface area (Å²) < 4.78 is 29.5. The number of nitrogens with zero attached hydrogens (tertiary/aromatic N) is 5. The van der Waals surface area contributed by atoms with E-state index in [1.807, 2.05) is 41.2 Å². The molecule has 0 bridgehead atoms. The molecule has 0 atom stereocenters. The highest BCUT2D eigenvalue weighted by Crippen LogP contribution is 2.38. The maximum atomic E-state index is 12.9. The summed E-state index contributed by atoms with van der Waals surface area (Å²) in [5.74, 6) is -2.20. The van der Waals surface area contributed by atoms with Crippen LogP contribution in [0, 0.1) is 0 Å². The zero-order valence-electron chi connectivity index (χ0n) is 13.1. The van der Waals surface area contributed by atoms with Gasteiger partial charge in [0, 0.05) is 54.8 Å². The highest BCUT2D eigenvalue weighted by atomic mass is 19.3. The van der Waals surface area contributed by atoms with E-state index in [4.69, 9.17) is 0 Å². The van der Waals surface area contributed by atoms with Gasteiger partial charge >= 0.3 is 0 Å². The Balaban J connectivity index is 1.46. The molecule has 126 valence electrons. The molecular weight excluding hydrogens is 326 g/mol.